The number of hydrogen-bond acceptors (Lipinski definition) is 5. The zero-order valence-electron chi connectivity index (χ0n) is 19.7. The van der Waals surface area contributed by atoms with Crippen LogP contribution < -0.4 is 16.0 Å². The maximum atomic E-state index is 12.2. The van der Waals surface area contributed by atoms with Crippen molar-refractivity contribution < 1.29 is 4.79 Å². The molecule has 8 heteroatoms. The van der Waals surface area contributed by atoms with Gasteiger partial charge in [0.05, 0.1) is 26.5 Å². The lowest BCUT2D eigenvalue weighted by atomic mass is 10.1. The molecule has 0 spiro atoms. The lowest BCUT2D eigenvalue weighted by Gasteiger charge is -2.11. The first-order valence-corrected chi connectivity index (χ1v) is 12.8. The van der Waals surface area contributed by atoms with Gasteiger partial charge in [0.2, 0.25) is 0 Å². The molecule has 0 atom stereocenters. The number of aromatic nitrogens is 1. The van der Waals surface area contributed by atoms with Crippen molar-refractivity contribution in [2.24, 2.45) is 0 Å². The van der Waals surface area contributed by atoms with Gasteiger partial charge in [-0.1, -0.05) is 72.3 Å². The Bertz CT molecular complexity index is 1580. The molecule has 0 aliphatic heterocycles. The Morgan fingerprint density at radius 1 is 0.919 bits per heavy atom. The number of hydrogen-bond donors (Lipinski definition) is 3. The first kappa shape index (κ1) is 24.3. The molecule has 3 N–H and O–H groups in total. The van der Waals surface area contributed by atoms with Crippen molar-refractivity contribution in [3.8, 4) is 16.5 Å². The molecule has 6 nitrogen and oxygen atoms in total. The van der Waals surface area contributed by atoms with Crippen LogP contribution in [0.5, 0.6) is 0 Å². The molecule has 5 aromatic rings. The standard InChI is InChI=1S/C29H22ClN5OS/c30-25-24-26(21(17-31)18-33-28(24)37-27(25)20-7-3-1-4-8-20)32-16-15-19-11-13-23(14-12-19)35-29(36)34-22-9-5-2-6-10-22/h1-14,18H,15-16H2,(H,32,33)(H2,34,35,36). The first-order valence-electron chi connectivity index (χ1n) is 11.6. The lowest BCUT2D eigenvalue weighted by molar-refractivity contribution is 0.262. The molecule has 0 saturated carbocycles. The van der Waals surface area contributed by atoms with Crippen LogP contribution in [0.25, 0.3) is 20.7 Å². The van der Waals surface area contributed by atoms with Gasteiger partial charge in [-0.3, -0.25) is 0 Å². The first-order chi connectivity index (χ1) is 18.1. The second-order valence-corrected chi connectivity index (χ2v) is 9.65. The maximum Gasteiger partial charge on any atom is 0.323 e. The normalized spacial score (nSPS) is 10.6. The number of thiophene rings is 1. The second kappa shape index (κ2) is 11.1. The highest BCUT2D eigenvalue weighted by Gasteiger charge is 2.19. The number of nitrogens with zero attached hydrogens (tertiary/aromatic N) is 2. The Morgan fingerprint density at radius 3 is 2.24 bits per heavy atom. The summed E-state index contributed by atoms with van der Waals surface area (Å²) in [6.07, 6.45) is 2.31. The smallest absolute Gasteiger partial charge is 0.323 e. The van der Waals surface area contributed by atoms with Crippen LogP contribution in [-0.4, -0.2) is 17.6 Å². The van der Waals surface area contributed by atoms with Gasteiger partial charge in [0.1, 0.15) is 10.9 Å². The number of urea groups is 1. The summed E-state index contributed by atoms with van der Waals surface area (Å²) in [6, 6.07) is 28.8. The topological polar surface area (TPSA) is 89.8 Å². The highest BCUT2D eigenvalue weighted by Crippen LogP contribution is 2.44. The van der Waals surface area contributed by atoms with Crippen LogP contribution in [0.4, 0.5) is 21.9 Å². The second-order valence-electron chi connectivity index (χ2n) is 8.27. The van der Waals surface area contributed by atoms with Gasteiger partial charge in [-0.25, -0.2) is 9.78 Å². The predicted molar refractivity (Wildman–Crippen MR) is 153 cm³/mol. The predicted octanol–water partition coefficient (Wildman–Crippen LogP) is 7.79. The number of carbonyl (C=O) groups excluding carboxylic acids is 1. The number of rotatable bonds is 7. The molecular formula is C29H22ClN5OS. The van der Waals surface area contributed by atoms with Gasteiger partial charge in [0, 0.05) is 24.1 Å². The van der Waals surface area contributed by atoms with Gasteiger partial charge < -0.3 is 16.0 Å². The lowest BCUT2D eigenvalue weighted by Crippen LogP contribution is -2.19. The minimum Gasteiger partial charge on any atom is -0.383 e. The number of amides is 2. The number of fused-ring (bicyclic) bond motifs is 1. The van der Waals surface area contributed by atoms with E-state index in [4.69, 9.17) is 11.6 Å². The number of nitrogens with one attached hydrogen (secondary N) is 3. The average Bonchev–Trinajstić information content (AvgIpc) is 3.27. The van der Waals surface area contributed by atoms with Crippen LogP contribution in [0.2, 0.25) is 5.02 Å². The van der Waals surface area contributed by atoms with Gasteiger partial charge in [0.15, 0.2) is 0 Å². The Labute approximate surface area is 223 Å². The molecule has 0 saturated heterocycles. The maximum absolute atomic E-state index is 12.2. The van der Waals surface area contributed by atoms with E-state index in [1.807, 2.05) is 84.9 Å². The van der Waals surface area contributed by atoms with E-state index in [1.54, 1.807) is 6.20 Å². The van der Waals surface area contributed by atoms with E-state index in [2.05, 4.69) is 27.0 Å². The summed E-state index contributed by atoms with van der Waals surface area (Å²) in [4.78, 5) is 18.4. The van der Waals surface area contributed by atoms with E-state index in [0.717, 1.165) is 38.3 Å². The van der Waals surface area contributed by atoms with Crippen LogP contribution in [0.1, 0.15) is 11.1 Å². The molecule has 2 amide bonds. The number of carbonyl (C=O) groups is 1. The summed E-state index contributed by atoms with van der Waals surface area (Å²) < 4.78 is 0. The monoisotopic (exact) mass is 523 g/mol. The molecule has 37 heavy (non-hydrogen) atoms. The number of benzene rings is 3. The fourth-order valence-corrected chi connectivity index (χ4v) is 5.49. The number of nitriles is 1. The Hall–Kier alpha value is -4.38. The molecule has 0 bridgehead atoms. The van der Waals surface area contributed by atoms with Crippen molar-refractivity contribution >= 4 is 56.2 Å². The number of anilines is 3. The largest absolute Gasteiger partial charge is 0.383 e. The highest BCUT2D eigenvalue weighted by atomic mass is 35.5. The molecule has 2 aromatic heterocycles. The average molecular weight is 524 g/mol. The van der Waals surface area contributed by atoms with Crippen molar-refractivity contribution in [1.82, 2.24) is 4.98 Å². The zero-order valence-corrected chi connectivity index (χ0v) is 21.2. The molecule has 0 fully saturated rings. The van der Waals surface area contributed by atoms with E-state index in [9.17, 15) is 10.1 Å². The number of pyridine rings is 1. The fraction of sp³-hybridized carbons (Fsp3) is 0.0690. The van der Waals surface area contributed by atoms with Crippen molar-refractivity contribution in [3.63, 3.8) is 0 Å². The van der Waals surface area contributed by atoms with Crippen molar-refractivity contribution in [2.45, 2.75) is 6.42 Å². The van der Waals surface area contributed by atoms with E-state index in [0.29, 0.717) is 28.5 Å². The summed E-state index contributed by atoms with van der Waals surface area (Å²) in [5.41, 5.74) is 4.69. The summed E-state index contributed by atoms with van der Waals surface area (Å²) in [5, 5.41) is 20.1. The molecule has 0 aliphatic rings. The van der Waals surface area contributed by atoms with E-state index in [1.165, 1.54) is 11.3 Å². The van der Waals surface area contributed by atoms with Crippen molar-refractivity contribution in [2.75, 3.05) is 22.5 Å². The van der Waals surface area contributed by atoms with Crippen LogP contribution in [0.3, 0.4) is 0 Å². The van der Waals surface area contributed by atoms with Crippen LogP contribution in [0, 0.1) is 11.3 Å². The quantitative estimate of drug-likeness (QED) is 0.203. The Balaban J connectivity index is 1.26. The van der Waals surface area contributed by atoms with E-state index in [-0.39, 0.29) is 6.03 Å². The molecule has 5 rings (SSSR count). The molecule has 2 heterocycles. The summed E-state index contributed by atoms with van der Waals surface area (Å²) >= 11 is 8.33. The third kappa shape index (κ3) is 5.56. The highest BCUT2D eigenvalue weighted by molar-refractivity contribution is 7.22. The molecule has 0 unspecified atom stereocenters. The van der Waals surface area contributed by atoms with Gasteiger partial charge in [0.25, 0.3) is 0 Å². The summed E-state index contributed by atoms with van der Waals surface area (Å²) in [5.74, 6) is 0. The van der Waals surface area contributed by atoms with Gasteiger partial charge in [-0.2, -0.15) is 5.26 Å². The van der Waals surface area contributed by atoms with Crippen LogP contribution in [-0.2, 0) is 6.42 Å². The van der Waals surface area contributed by atoms with Gasteiger partial charge >= 0.3 is 6.03 Å². The molecule has 0 radical (unpaired) electrons. The number of para-hydroxylation sites is 1. The summed E-state index contributed by atoms with van der Waals surface area (Å²) in [7, 11) is 0. The van der Waals surface area contributed by atoms with Crippen molar-refractivity contribution in [3.05, 3.63) is 107 Å². The van der Waals surface area contributed by atoms with Crippen molar-refractivity contribution in [1.29, 1.82) is 5.26 Å². The molecule has 3 aromatic carbocycles. The van der Waals surface area contributed by atoms with Crippen LogP contribution in [0.15, 0.2) is 91.1 Å². The zero-order chi connectivity index (χ0) is 25.6. The molecule has 0 aliphatic carbocycles. The fourth-order valence-electron chi connectivity index (χ4n) is 3.97. The molecule has 182 valence electrons. The van der Waals surface area contributed by atoms with Gasteiger partial charge in [-0.05, 0) is 41.8 Å². The summed E-state index contributed by atoms with van der Waals surface area (Å²) in [6.45, 7) is 0.599. The SMILES string of the molecule is N#Cc1cnc2sc(-c3ccccc3)c(Cl)c2c1NCCc1ccc(NC(=O)Nc2ccccc2)cc1. The third-order valence-corrected chi connectivity index (χ3v) is 7.41. The Kier molecular flexibility index (Phi) is 7.31. The number of halogens is 1. The third-order valence-electron chi connectivity index (χ3n) is 5.78. The molecular weight excluding hydrogens is 502 g/mol. The van der Waals surface area contributed by atoms with Crippen LogP contribution >= 0.6 is 22.9 Å². The minimum atomic E-state index is -0.297. The van der Waals surface area contributed by atoms with E-state index >= 15 is 0 Å². The van der Waals surface area contributed by atoms with E-state index < -0.39 is 0 Å². The minimum absolute atomic E-state index is 0.297. The Morgan fingerprint density at radius 2 is 1.57 bits per heavy atom. The van der Waals surface area contributed by atoms with Gasteiger partial charge in [-0.15, -0.1) is 11.3 Å².